The molecule has 0 aliphatic carbocycles. The number of ether oxygens (including phenoxy) is 1. The number of nitrogens with zero attached hydrogens (tertiary/aromatic N) is 2. The topological polar surface area (TPSA) is 105 Å². The first-order chi connectivity index (χ1) is 10.1. The monoisotopic (exact) mass is 296 g/mol. The van der Waals surface area contributed by atoms with Crippen molar-refractivity contribution in [2.45, 2.75) is 13.5 Å². The molecule has 0 aromatic carbocycles. The van der Waals surface area contributed by atoms with E-state index in [0.717, 1.165) is 13.1 Å². The number of hydrogen-bond donors (Lipinski definition) is 3. The van der Waals surface area contributed by atoms with Crippen molar-refractivity contribution in [3.05, 3.63) is 17.5 Å². The van der Waals surface area contributed by atoms with Gasteiger partial charge in [-0.2, -0.15) is 5.10 Å². The van der Waals surface area contributed by atoms with Gasteiger partial charge in [-0.1, -0.05) is 0 Å². The first-order valence-corrected chi connectivity index (χ1v) is 6.89. The summed E-state index contributed by atoms with van der Waals surface area (Å²) in [5.41, 5.74) is 0.587. The Morgan fingerprint density at radius 1 is 1.62 bits per heavy atom. The van der Waals surface area contributed by atoms with Gasteiger partial charge < -0.3 is 20.5 Å². The van der Waals surface area contributed by atoms with Crippen LogP contribution in [0, 0.1) is 12.8 Å². The largest absolute Gasteiger partial charge is 0.477 e. The molecule has 2 heterocycles. The van der Waals surface area contributed by atoms with Crippen molar-refractivity contribution < 1.29 is 19.4 Å². The number of aromatic nitrogens is 2. The highest BCUT2D eigenvalue weighted by Gasteiger charge is 2.17. The van der Waals surface area contributed by atoms with Crippen molar-refractivity contribution in [3.63, 3.8) is 0 Å². The molecular formula is C13H20N4O4. The second-order valence-corrected chi connectivity index (χ2v) is 5.08. The van der Waals surface area contributed by atoms with Crippen LogP contribution in [0.1, 0.15) is 16.2 Å². The van der Waals surface area contributed by atoms with Gasteiger partial charge in [0.25, 0.3) is 0 Å². The van der Waals surface area contributed by atoms with Gasteiger partial charge >= 0.3 is 5.97 Å². The van der Waals surface area contributed by atoms with E-state index in [-0.39, 0.29) is 24.1 Å². The number of carboxylic acid groups (broad SMARTS) is 1. The molecular weight excluding hydrogens is 276 g/mol. The van der Waals surface area contributed by atoms with E-state index in [1.54, 1.807) is 6.92 Å². The van der Waals surface area contributed by atoms with E-state index >= 15 is 0 Å². The molecule has 0 radical (unpaired) electrons. The molecule has 1 aliphatic heterocycles. The summed E-state index contributed by atoms with van der Waals surface area (Å²) < 4.78 is 6.61. The Balaban J connectivity index is 1.85. The SMILES string of the molecule is Cc1cc(C(=O)O)n(CC(=O)NCC2CNCCOC2)n1. The molecule has 8 heteroatoms. The molecule has 1 saturated heterocycles. The molecule has 1 atom stereocenters. The van der Waals surface area contributed by atoms with Crippen molar-refractivity contribution >= 4 is 11.9 Å². The molecule has 1 unspecified atom stereocenters. The van der Waals surface area contributed by atoms with Gasteiger partial charge in [0.05, 0.1) is 18.9 Å². The van der Waals surface area contributed by atoms with E-state index in [9.17, 15) is 9.59 Å². The van der Waals surface area contributed by atoms with Crippen LogP contribution < -0.4 is 10.6 Å². The van der Waals surface area contributed by atoms with Gasteiger partial charge in [0.1, 0.15) is 12.2 Å². The van der Waals surface area contributed by atoms with E-state index in [0.29, 0.717) is 25.5 Å². The lowest BCUT2D eigenvalue weighted by Crippen LogP contribution is -2.37. The van der Waals surface area contributed by atoms with Crippen molar-refractivity contribution in [2.24, 2.45) is 5.92 Å². The Hall–Kier alpha value is -1.93. The van der Waals surface area contributed by atoms with Crippen molar-refractivity contribution in [2.75, 3.05) is 32.8 Å². The summed E-state index contributed by atoms with van der Waals surface area (Å²) >= 11 is 0. The number of amides is 1. The second-order valence-electron chi connectivity index (χ2n) is 5.08. The summed E-state index contributed by atoms with van der Waals surface area (Å²) in [5, 5.41) is 19.1. The molecule has 116 valence electrons. The maximum atomic E-state index is 11.9. The zero-order valence-electron chi connectivity index (χ0n) is 12.0. The molecule has 1 aromatic heterocycles. The summed E-state index contributed by atoms with van der Waals surface area (Å²) in [7, 11) is 0. The second kappa shape index (κ2) is 7.19. The van der Waals surface area contributed by atoms with Crippen LogP contribution in [0.3, 0.4) is 0 Å². The molecule has 8 nitrogen and oxygen atoms in total. The van der Waals surface area contributed by atoms with Crippen LogP contribution in [0.5, 0.6) is 0 Å². The summed E-state index contributed by atoms with van der Waals surface area (Å²) in [4.78, 5) is 22.9. The quantitative estimate of drug-likeness (QED) is 0.660. The molecule has 3 N–H and O–H groups in total. The van der Waals surface area contributed by atoms with Crippen LogP contribution in [-0.4, -0.2) is 59.6 Å². The molecule has 1 aliphatic rings. The number of rotatable bonds is 5. The fourth-order valence-electron chi connectivity index (χ4n) is 2.18. The Morgan fingerprint density at radius 3 is 3.19 bits per heavy atom. The van der Waals surface area contributed by atoms with Crippen LogP contribution in [-0.2, 0) is 16.1 Å². The lowest BCUT2D eigenvalue weighted by molar-refractivity contribution is -0.122. The normalized spacial score (nSPS) is 19.0. The first-order valence-electron chi connectivity index (χ1n) is 6.89. The van der Waals surface area contributed by atoms with Gasteiger partial charge in [-0.05, 0) is 13.0 Å². The molecule has 1 aromatic rings. The molecule has 21 heavy (non-hydrogen) atoms. The van der Waals surface area contributed by atoms with Gasteiger partial charge in [0.2, 0.25) is 5.91 Å². The predicted octanol–water partition coefficient (Wildman–Crippen LogP) is -0.758. The summed E-state index contributed by atoms with van der Waals surface area (Å²) in [6.45, 7) is 4.98. The third kappa shape index (κ3) is 4.54. The third-order valence-electron chi connectivity index (χ3n) is 3.21. The first kappa shape index (κ1) is 15.5. The van der Waals surface area contributed by atoms with E-state index in [4.69, 9.17) is 9.84 Å². The number of hydrogen-bond acceptors (Lipinski definition) is 5. The average Bonchev–Trinajstić information content (AvgIpc) is 2.64. The minimum atomic E-state index is -1.09. The summed E-state index contributed by atoms with van der Waals surface area (Å²) in [5.74, 6) is -1.13. The molecule has 1 fully saturated rings. The Kier molecular flexibility index (Phi) is 5.29. The van der Waals surface area contributed by atoms with Gasteiger partial charge in [-0.25, -0.2) is 9.48 Å². The Morgan fingerprint density at radius 2 is 2.43 bits per heavy atom. The van der Waals surface area contributed by atoms with Crippen molar-refractivity contribution in [1.29, 1.82) is 0 Å². The number of aryl methyl sites for hydroxylation is 1. The lowest BCUT2D eigenvalue weighted by Gasteiger charge is -2.14. The molecule has 0 spiro atoms. The summed E-state index contributed by atoms with van der Waals surface area (Å²) in [6, 6.07) is 1.44. The number of carboxylic acids is 1. The van der Waals surface area contributed by atoms with E-state index in [2.05, 4.69) is 15.7 Å². The molecule has 2 rings (SSSR count). The van der Waals surface area contributed by atoms with Gasteiger partial charge in [-0.3, -0.25) is 4.79 Å². The van der Waals surface area contributed by atoms with Crippen LogP contribution >= 0.6 is 0 Å². The van der Waals surface area contributed by atoms with Gasteiger partial charge in [0, 0.05) is 25.6 Å². The van der Waals surface area contributed by atoms with E-state index in [1.807, 2.05) is 0 Å². The molecule has 0 saturated carbocycles. The van der Waals surface area contributed by atoms with Gasteiger partial charge in [0.15, 0.2) is 0 Å². The highest BCUT2D eigenvalue weighted by atomic mass is 16.5. The minimum absolute atomic E-state index is 0.0158. The number of nitrogens with one attached hydrogen (secondary N) is 2. The molecule has 1 amide bonds. The van der Waals surface area contributed by atoms with Crippen LogP contribution in [0.15, 0.2) is 6.07 Å². The van der Waals surface area contributed by atoms with E-state index in [1.165, 1.54) is 10.7 Å². The maximum Gasteiger partial charge on any atom is 0.354 e. The zero-order valence-corrected chi connectivity index (χ0v) is 12.0. The maximum absolute atomic E-state index is 11.9. The fraction of sp³-hybridized carbons (Fsp3) is 0.615. The Bertz CT molecular complexity index is 506. The van der Waals surface area contributed by atoms with Crippen LogP contribution in [0.2, 0.25) is 0 Å². The van der Waals surface area contributed by atoms with Crippen LogP contribution in [0.25, 0.3) is 0 Å². The smallest absolute Gasteiger partial charge is 0.354 e. The number of carbonyl (C=O) groups is 2. The zero-order chi connectivity index (χ0) is 15.2. The Labute approximate surface area is 122 Å². The number of carbonyl (C=O) groups excluding carboxylic acids is 1. The third-order valence-corrected chi connectivity index (χ3v) is 3.21. The van der Waals surface area contributed by atoms with Crippen molar-refractivity contribution in [1.82, 2.24) is 20.4 Å². The lowest BCUT2D eigenvalue weighted by atomic mass is 10.1. The minimum Gasteiger partial charge on any atom is -0.477 e. The highest BCUT2D eigenvalue weighted by Crippen LogP contribution is 2.04. The molecule has 0 bridgehead atoms. The average molecular weight is 296 g/mol. The summed E-state index contributed by atoms with van der Waals surface area (Å²) in [6.07, 6.45) is 0. The predicted molar refractivity (Wildman–Crippen MR) is 74.1 cm³/mol. The standard InChI is InChI=1S/C13H20N4O4/c1-9-4-11(13(19)20)17(16-9)7-12(18)15-6-10-5-14-2-3-21-8-10/h4,10,14H,2-3,5-8H2,1H3,(H,15,18)(H,19,20). The van der Waals surface area contributed by atoms with Gasteiger partial charge in [-0.15, -0.1) is 0 Å². The van der Waals surface area contributed by atoms with E-state index < -0.39 is 5.97 Å². The fourth-order valence-corrected chi connectivity index (χ4v) is 2.18. The number of aromatic carboxylic acids is 1. The highest BCUT2D eigenvalue weighted by molar-refractivity contribution is 5.86. The van der Waals surface area contributed by atoms with Crippen molar-refractivity contribution in [3.8, 4) is 0 Å². The van der Waals surface area contributed by atoms with Crippen LogP contribution in [0.4, 0.5) is 0 Å².